The number of nitrogens with zero attached hydrogens (tertiary/aromatic N) is 1. The van der Waals surface area contributed by atoms with E-state index >= 15 is 0 Å². The molecule has 0 saturated carbocycles. The maximum atomic E-state index is 6.27. The number of allylic oxidation sites excluding steroid dienone is 2. The van der Waals surface area contributed by atoms with Crippen molar-refractivity contribution in [3.63, 3.8) is 0 Å². The minimum Gasteiger partial charge on any atom is -0.245 e. The van der Waals surface area contributed by atoms with Crippen molar-refractivity contribution in [1.82, 2.24) is 4.98 Å². The molecular formula is C15H22ClNS. The predicted molar refractivity (Wildman–Crippen MR) is 80.7 cm³/mol. The Bertz CT molecular complexity index is 428. The number of hydrogen-bond donors (Lipinski definition) is 0. The minimum absolute atomic E-state index is 0.154. The smallest absolute Gasteiger partial charge is 0.0969 e. The van der Waals surface area contributed by atoms with E-state index in [1.165, 1.54) is 35.5 Å². The molecule has 0 radical (unpaired) electrons. The van der Waals surface area contributed by atoms with Gasteiger partial charge in [-0.2, -0.15) is 0 Å². The minimum atomic E-state index is 0.154. The lowest BCUT2D eigenvalue weighted by Gasteiger charge is -2.14. The van der Waals surface area contributed by atoms with Crippen LogP contribution in [-0.4, -0.2) is 10.4 Å². The van der Waals surface area contributed by atoms with Crippen molar-refractivity contribution >= 4 is 22.9 Å². The lowest BCUT2D eigenvalue weighted by molar-refractivity contribution is 0.571. The number of thiazole rings is 1. The van der Waals surface area contributed by atoms with Crippen LogP contribution in [0.2, 0.25) is 0 Å². The zero-order chi connectivity index (χ0) is 13.2. The fourth-order valence-electron chi connectivity index (χ4n) is 2.19. The van der Waals surface area contributed by atoms with Crippen LogP contribution in [-0.2, 0) is 11.8 Å². The molecule has 1 nitrogen and oxygen atoms in total. The highest BCUT2D eigenvalue weighted by Gasteiger charge is 2.18. The number of alkyl halides is 1. The summed E-state index contributed by atoms with van der Waals surface area (Å²) < 4.78 is 0. The van der Waals surface area contributed by atoms with E-state index in [4.69, 9.17) is 16.6 Å². The highest BCUT2D eigenvalue weighted by molar-refractivity contribution is 7.09. The summed E-state index contributed by atoms with van der Waals surface area (Å²) in [4.78, 5) is 4.77. The van der Waals surface area contributed by atoms with Crippen LogP contribution in [0.5, 0.6) is 0 Å². The largest absolute Gasteiger partial charge is 0.245 e. The van der Waals surface area contributed by atoms with Crippen LogP contribution in [0.25, 0.3) is 0 Å². The van der Waals surface area contributed by atoms with Crippen LogP contribution in [0, 0.1) is 0 Å². The molecule has 0 aromatic carbocycles. The average Bonchev–Trinajstić information content (AvgIpc) is 2.63. The van der Waals surface area contributed by atoms with Crippen molar-refractivity contribution in [2.75, 3.05) is 0 Å². The molecule has 0 fully saturated rings. The standard InChI is InChI=1S/C15H22ClNS/c1-15(2,3)13-10-18-14(17-13)9-11-6-4-5-7-12(16)8-11/h8,10,12H,4-7,9H2,1-3H3. The summed E-state index contributed by atoms with van der Waals surface area (Å²) in [6, 6.07) is 0. The first-order chi connectivity index (χ1) is 8.45. The Morgan fingerprint density at radius 2 is 2.17 bits per heavy atom. The zero-order valence-corrected chi connectivity index (χ0v) is 13.1. The Labute approximate surface area is 119 Å². The Hall–Kier alpha value is -0.340. The molecule has 1 aliphatic rings. The topological polar surface area (TPSA) is 12.9 Å². The van der Waals surface area contributed by atoms with Gasteiger partial charge in [0.2, 0.25) is 0 Å². The van der Waals surface area contributed by atoms with E-state index in [2.05, 4.69) is 32.2 Å². The summed E-state index contributed by atoms with van der Waals surface area (Å²) >= 11 is 8.05. The molecule has 0 saturated heterocycles. The SMILES string of the molecule is CC(C)(C)c1csc(CC2=CC(Cl)CCCC2)n1. The molecule has 0 bridgehead atoms. The van der Waals surface area contributed by atoms with Crippen LogP contribution < -0.4 is 0 Å². The third-order valence-electron chi connectivity index (χ3n) is 3.34. The number of aromatic nitrogens is 1. The molecule has 0 N–H and O–H groups in total. The molecule has 1 heterocycles. The number of rotatable bonds is 2. The van der Waals surface area contributed by atoms with E-state index in [0.717, 1.165) is 12.8 Å². The van der Waals surface area contributed by atoms with Crippen LogP contribution >= 0.6 is 22.9 Å². The van der Waals surface area contributed by atoms with Crippen molar-refractivity contribution in [1.29, 1.82) is 0 Å². The van der Waals surface area contributed by atoms with Gasteiger partial charge in [-0.3, -0.25) is 0 Å². The third kappa shape index (κ3) is 3.83. The van der Waals surface area contributed by atoms with E-state index < -0.39 is 0 Å². The van der Waals surface area contributed by atoms with Crippen molar-refractivity contribution in [2.24, 2.45) is 0 Å². The predicted octanol–water partition coefficient (Wildman–Crippen LogP) is 5.09. The van der Waals surface area contributed by atoms with Gasteiger partial charge >= 0.3 is 0 Å². The fraction of sp³-hybridized carbons (Fsp3) is 0.667. The first-order valence-electron chi connectivity index (χ1n) is 6.73. The van der Waals surface area contributed by atoms with Crippen LogP contribution in [0.4, 0.5) is 0 Å². The molecular weight excluding hydrogens is 262 g/mol. The van der Waals surface area contributed by atoms with Gasteiger partial charge in [0, 0.05) is 17.2 Å². The molecule has 0 aliphatic heterocycles. The van der Waals surface area contributed by atoms with Crippen LogP contribution in [0.1, 0.15) is 57.2 Å². The molecule has 0 spiro atoms. The summed E-state index contributed by atoms with van der Waals surface area (Å²) in [6.07, 6.45) is 8.08. The van der Waals surface area contributed by atoms with E-state index in [-0.39, 0.29) is 10.8 Å². The van der Waals surface area contributed by atoms with Gasteiger partial charge in [-0.15, -0.1) is 22.9 Å². The number of halogens is 1. The molecule has 0 amide bonds. The Kier molecular flexibility index (Phi) is 4.50. The van der Waals surface area contributed by atoms with Gasteiger partial charge in [-0.25, -0.2) is 4.98 Å². The van der Waals surface area contributed by atoms with E-state index in [1.807, 2.05) is 0 Å². The maximum absolute atomic E-state index is 6.27. The summed E-state index contributed by atoms with van der Waals surface area (Å²) in [5, 5.41) is 3.66. The first kappa shape index (κ1) is 14.1. The van der Waals surface area contributed by atoms with Gasteiger partial charge in [0.25, 0.3) is 0 Å². The second-order valence-electron chi connectivity index (χ2n) is 6.14. The third-order valence-corrected chi connectivity index (χ3v) is 4.54. The summed E-state index contributed by atoms with van der Waals surface area (Å²) in [7, 11) is 0. The Morgan fingerprint density at radius 1 is 1.39 bits per heavy atom. The Balaban J connectivity index is 2.07. The first-order valence-corrected chi connectivity index (χ1v) is 8.05. The molecule has 1 aromatic heterocycles. The lowest BCUT2D eigenvalue weighted by Crippen LogP contribution is -2.11. The molecule has 1 aliphatic carbocycles. The second kappa shape index (κ2) is 5.75. The highest BCUT2D eigenvalue weighted by atomic mass is 35.5. The van der Waals surface area contributed by atoms with Crippen molar-refractivity contribution < 1.29 is 0 Å². The zero-order valence-electron chi connectivity index (χ0n) is 11.5. The highest BCUT2D eigenvalue weighted by Crippen LogP contribution is 2.28. The second-order valence-corrected chi connectivity index (χ2v) is 7.64. The van der Waals surface area contributed by atoms with Crippen molar-refractivity contribution in [2.45, 2.75) is 63.7 Å². The van der Waals surface area contributed by atoms with Gasteiger partial charge in [0.1, 0.15) is 0 Å². The molecule has 1 aromatic rings. The van der Waals surface area contributed by atoms with Gasteiger partial charge in [-0.1, -0.05) is 38.8 Å². The normalized spacial score (nSPS) is 21.6. The summed E-state index contributed by atoms with van der Waals surface area (Å²) in [6.45, 7) is 6.64. The molecule has 18 heavy (non-hydrogen) atoms. The summed E-state index contributed by atoms with van der Waals surface area (Å²) in [5.41, 5.74) is 2.84. The van der Waals surface area contributed by atoms with Gasteiger partial charge in [0.05, 0.1) is 16.1 Å². The van der Waals surface area contributed by atoms with E-state index in [9.17, 15) is 0 Å². The van der Waals surface area contributed by atoms with Gasteiger partial charge < -0.3 is 0 Å². The van der Waals surface area contributed by atoms with Gasteiger partial charge in [0.15, 0.2) is 0 Å². The molecule has 1 atom stereocenters. The fourth-order valence-corrected chi connectivity index (χ4v) is 3.60. The number of hydrogen-bond acceptors (Lipinski definition) is 2. The summed E-state index contributed by atoms with van der Waals surface area (Å²) in [5.74, 6) is 0. The molecule has 100 valence electrons. The Morgan fingerprint density at radius 3 is 2.83 bits per heavy atom. The maximum Gasteiger partial charge on any atom is 0.0969 e. The quantitative estimate of drug-likeness (QED) is 0.544. The van der Waals surface area contributed by atoms with Crippen LogP contribution in [0.15, 0.2) is 17.0 Å². The molecule has 3 heteroatoms. The molecule has 2 rings (SSSR count). The monoisotopic (exact) mass is 283 g/mol. The van der Waals surface area contributed by atoms with Crippen molar-refractivity contribution in [3.8, 4) is 0 Å². The van der Waals surface area contributed by atoms with E-state index in [0.29, 0.717) is 0 Å². The average molecular weight is 284 g/mol. The lowest BCUT2D eigenvalue weighted by atomic mass is 9.93. The van der Waals surface area contributed by atoms with E-state index in [1.54, 1.807) is 11.3 Å². The van der Waals surface area contributed by atoms with Crippen LogP contribution in [0.3, 0.4) is 0 Å². The van der Waals surface area contributed by atoms with Crippen molar-refractivity contribution in [3.05, 3.63) is 27.7 Å². The molecule has 1 unspecified atom stereocenters. The van der Waals surface area contributed by atoms with Gasteiger partial charge in [-0.05, 0) is 19.3 Å².